The van der Waals surface area contributed by atoms with Crippen molar-refractivity contribution in [2.24, 2.45) is 5.73 Å². The minimum absolute atomic E-state index is 0.0301. The summed E-state index contributed by atoms with van der Waals surface area (Å²) in [5, 5.41) is 0. The van der Waals surface area contributed by atoms with E-state index in [-0.39, 0.29) is 5.56 Å². The predicted octanol–water partition coefficient (Wildman–Crippen LogP) is 2.55. The average Bonchev–Trinajstić information content (AvgIpc) is 2.03. The van der Waals surface area contributed by atoms with Crippen molar-refractivity contribution in [3.8, 4) is 0 Å². The summed E-state index contributed by atoms with van der Waals surface area (Å²) in [4.78, 5) is 0. The summed E-state index contributed by atoms with van der Waals surface area (Å²) in [7, 11) is 0. The van der Waals surface area contributed by atoms with Crippen LogP contribution in [0.5, 0.6) is 0 Å². The van der Waals surface area contributed by atoms with Gasteiger partial charge in [-0.15, -0.1) is 0 Å². The van der Waals surface area contributed by atoms with Gasteiger partial charge in [-0.2, -0.15) is 0 Å². The Kier molecular flexibility index (Phi) is 2.66. The van der Waals surface area contributed by atoms with Crippen molar-refractivity contribution in [1.82, 2.24) is 0 Å². The number of benzene rings is 1. The number of rotatable bonds is 2. The smallest absolute Gasteiger partial charge is 0.131 e. The summed E-state index contributed by atoms with van der Waals surface area (Å²) in [6, 6.07) is 3.78. The molecule has 1 nitrogen and oxygen atoms in total. The molecule has 3 heteroatoms. The van der Waals surface area contributed by atoms with Crippen LogP contribution in [0.25, 0.3) is 0 Å². The van der Waals surface area contributed by atoms with E-state index >= 15 is 0 Å². The largest absolute Gasteiger partial charge is 0.321 e. The Hall–Kier alpha value is -0.960. The molecule has 0 aromatic heterocycles. The van der Waals surface area contributed by atoms with Gasteiger partial charge in [-0.05, 0) is 25.5 Å². The van der Waals surface area contributed by atoms with Gasteiger partial charge in [0.1, 0.15) is 11.6 Å². The average molecular weight is 185 g/mol. The summed E-state index contributed by atoms with van der Waals surface area (Å²) >= 11 is 0. The van der Waals surface area contributed by atoms with Gasteiger partial charge in [0.25, 0.3) is 0 Å². The van der Waals surface area contributed by atoms with Crippen molar-refractivity contribution in [2.45, 2.75) is 25.8 Å². The number of hydrogen-bond donors (Lipinski definition) is 1. The van der Waals surface area contributed by atoms with Crippen molar-refractivity contribution >= 4 is 0 Å². The molecule has 0 heterocycles. The molecule has 1 atom stereocenters. The Morgan fingerprint density at radius 1 is 1.31 bits per heavy atom. The Bertz CT molecular complexity index is 288. The first-order chi connectivity index (χ1) is 5.99. The Morgan fingerprint density at radius 3 is 2.15 bits per heavy atom. The fourth-order valence-electron chi connectivity index (χ4n) is 1.22. The fraction of sp³-hybridized carbons (Fsp3) is 0.400. The normalized spacial score (nSPS) is 15.5. The second-order valence-electron chi connectivity index (χ2n) is 3.37. The molecule has 0 amide bonds. The molecule has 0 aliphatic carbocycles. The van der Waals surface area contributed by atoms with Gasteiger partial charge < -0.3 is 5.73 Å². The van der Waals surface area contributed by atoms with Gasteiger partial charge in [0.05, 0.1) is 0 Å². The quantitative estimate of drug-likeness (QED) is 0.752. The molecular weight excluding hydrogens is 172 g/mol. The molecule has 2 N–H and O–H groups in total. The topological polar surface area (TPSA) is 26.0 Å². The van der Waals surface area contributed by atoms with Gasteiger partial charge in [0.2, 0.25) is 0 Å². The van der Waals surface area contributed by atoms with E-state index in [1.54, 1.807) is 13.8 Å². The van der Waals surface area contributed by atoms with Crippen molar-refractivity contribution < 1.29 is 8.78 Å². The lowest BCUT2D eigenvalue weighted by Gasteiger charge is -2.24. The first kappa shape index (κ1) is 10.1. The summed E-state index contributed by atoms with van der Waals surface area (Å²) in [6.07, 6.45) is 0.491. The van der Waals surface area contributed by atoms with Gasteiger partial charge in [-0.3, -0.25) is 0 Å². The maximum Gasteiger partial charge on any atom is 0.131 e. The molecule has 1 aromatic rings. The standard InChI is InChI=1S/C10H13F2N/c1-3-10(2,13)9-7(11)5-4-6-8(9)12/h4-6H,3,13H2,1-2H3/t10-/m1/s1. The molecule has 0 bridgehead atoms. The Labute approximate surface area is 76.6 Å². The lowest BCUT2D eigenvalue weighted by Crippen LogP contribution is -2.34. The van der Waals surface area contributed by atoms with Crippen molar-refractivity contribution in [1.29, 1.82) is 0 Å². The first-order valence-electron chi connectivity index (χ1n) is 4.22. The van der Waals surface area contributed by atoms with E-state index in [0.29, 0.717) is 6.42 Å². The highest BCUT2D eigenvalue weighted by atomic mass is 19.1. The zero-order chi connectivity index (χ0) is 10.1. The molecule has 0 saturated heterocycles. The second kappa shape index (κ2) is 3.42. The molecule has 72 valence electrons. The van der Waals surface area contributed by atoms with Crippen LogP contribution in [0.1, 0.15) is 25.8 Å². The lowest BCUT2D eigenvalue weighted by atomic mass is 9.90. The molecule has 0 radical (unpaired) electrons. The third-order valence-electron chi connectivity index (χ3n) is 2.27. The van der Waals surface area contributed by atoms with Crippen LogP contribution >= 0.6 is 0 Å². The second-order valence-corrected chi connectivity index (χ2v) is 3.37. The van der Waals surface area contributed by atoms with E-state index in [1.807, 2.05) is 0 Å². The van der Waals surface area contributed by atoms with Crippen molar-refractivity contribution in [3.63, 3.8) is 0 Å². The van der Waals surface area contributed by atoms with Gasteiger partial charge >= 0.3 is 0 Å². The van der Waals surface area contributed by atoms with Gasteiger partial charge in [-0.25, -0.2) is 8.78 Å². The molecule has 0 saturated carbocycles. The van der Waals surface area contributed by atoms with E-state index in [9.17, 15) is 8.78 Å². The molecule has 0 aliphatic heterocycles. The highest BCUT2D eigenvalue weighted by Gasteiger charge is 2.25. The highest BCUT2D eigenvalue weighted by Crippen LogP contribution is 2.26. The molecule has 0 aliphatic rings. The molecule has 0 fully saturated rings. The summed E-state index contributed by atoms with van der Waals surface area (Å²) in [6.45, 7) is 3.42. The summed E-state index contributed by atoms with van der Waals surface area (Å²) in [5.41, 5.74) is 4.79. The summed E-state index contributed by atoms with van der Waals surface area (Å²) in [5.74, 6) is -1.15. The SMILES string of the molecule is CC[C@@](C)(N)c1c(F)cccc1F. The van der Waals surface area contributed by atoms with Crippen LogP contribution in [-0.4, -0.2) is 0 Å². The van der Waals surface area contributed by atoms with Crippen LogP contribution in [-0.2, 0) is 5.54 Å². The van der Waals surface area contributed by atoms with Crippen LogP contribution in [0.3, 0.4) is 0 Å². The van der Waals surface area contributed by atoms with Crippen LogP contribution in [0, 0.1) is 11.6 Å². The Balaban J connectivity index is 3.28. The maximum atomic E-state index is 13.2. The molecule has 0 spiro atoms. The molecule has 0 unspecified atom stereocenters. The zero-order valence-electron chi connectivity index (χ0n) is 7.77. The van der Waals surface area contributed by atoms with Crippen molar-refractivity contribution in [3.05, 3.63) is 35.4 Å². The molecule has 1 rings (SSSR count). The van der Waals surface area contributed by atoms with E-state index in [0.717, 1.165) is 0 Å². The van der Waals surface area contributed by atoms with Gasteiger partial charge in [0.15, 0.2) is 0 Å². The van der Waals surface area contributed by atoms with Crippen LogP contribution in [0.15, 0.2) is 18.2 Å². The third kappa shape index (κ3) is 1.86. The number of halogens is 2. The first-order valence-corrected chi connectivity index (χ1v) is 4.22. The van der Waals surface area contributed by atoms with E-state index in [4.69, 9.17) is 5.73 Å². The monoisotopic (exact) mass is 185 g/mol. The minimum atomic E-state index is -0.935. The Morgan fingerprint density at radius 2 is 1.77 bits per heavy atom. The molecule has 1 aromatic carbocycles. The fourth-order valence-corrected chi connectivity index (χ4v) is 1.22. The van der Waals surface area contributed by atoms with E-state index < -0.39 is 17.2 Å². The van der Waals surface area contributed by atoms with Crippen molar-refractivity contribution in [2.75, 3.05) is 0 Å². The summed E-state index contributed by atoms with van der Waals surface area (Å²) < 4.78 is 26.4. The third-order valence-corrected chi connectivity index (χ3v) is 2.27. The number of hydrogen-bond acceptors (Lipinski definition) is 1. The van der Waals surface area contributed by atoms with Crippen LogP contribution in [0.2, 0.25) is 0 Å². The maximum absolute atomic E-state index is 13.2. The molecular formula is C10H13F2N. The van der Waals surface area contributed by atoms with Crippen LogP contribution < -0.4 is 5.73 Å². The minimum Gasteiger partial charge on any atom is -0.321 e. The van der Waals surface area contributed by atoms with Crippen LogP contribution in [0.4, 0.5) is 8.78 Å². The lowest BCUT2D eigenvalue weighted by molar-refractivity contribution is 0.416. The van der Waals surface area contributed by atoms with Gasteiger partial charge in [-0.1, -0.05) is 13.0 Å². The van der Waals surface area contributed by atoms with Gasteiger partial charge in [0, 0.05) is 11.1 Å². The predicted molar refractivity (Wildman–Crippen MR) is 48.2 cm³/mol. The number of nitrogens with two attached hydrogens (primary N) is 1. The highest BCUT2D eigenvalue weighted by molar-refractivity contribution is 5.26. The molecule has 13 heavy (non-hydrogen) atoms. The zero-order valence-corrected chi connectivity index (χ0v) is 7.77. The van der Waals surface area contributed by atoms with E-state index in [1.165, 1.54) is 18.2 Å². The van der Waals surface area contributed by atoms with E-state index in [2.05, 4.69) is 0 Å².